The van der Waals surface area contributed by atoms with Crippen LogP contribution in [0.25, 0.3) is 0 Å². The zero-order valence-electron chi connectivity index (χ0n) is 15.0. The van der Waals surface area contributed by atoms with Gasteiger partial charge in [0.15, 0.2) is 5.96 Å². The van der Waals surface area contributed by atoms with Crippen molar-refractivity contribution in [2.75, 3.05) is 26.2 Å². The molecule has 7 heteroatoms. The molecule has 1 aliphatic rings. The Morgan fingerprint density at radius 2 is 2.29 bits per heavy atom. The summed E-state index contributed by atoms with van der Waals surface area (Å²) in [5.41, 5.74) is 7.42. The summed E-state index contributed by atoms with van der Waals surface area (Å²) in [6.07, 6.45) is 3.38. The number of piperidine rings is 1. The summed E-state index contributed by atoms with van der Waals surface area (Å²) < 4.78 is 5.20. The van der Waals surface area contributed by atoms with Crippen molar-refractivity contribution in [3.8, 4) is 0 Å². The van der Waals surface area contributed by atoms with Gasteiger partial charge in [-0.25, -0.2) is 0 Å². The number of amides is 1. The maximum atomic E-state index is 11.2. The molecule has 1 atom stereocenters. The minimum Gasteiger partial charge on any atom is -0.370 e. The molecule has 0 aliphatic carbocycles. The van der Waals surface area contributed by atoms with E-state index >= 15 is 0 Å². The first-order valence-corrected chi connectivity index (χ1v) is 8.74. The molecular weight excluding hydrogens is 306 g/mol. The lowest BCUT2D eigenvalue weighted by atomic mass is 9.95. The Bertz CT molecular complexity index is 562. The van der Waals surface area contributed by atoms with Crippen LogP contribution in [0.15, 0.2) is 9.52 Å². The van der Waals surface area contributed by atoms with Gasteiger partial charge in [0, 0.05) is 38.2 Å². The summed E-state index contributed by atoms with van der Waals surface area (Å²) in [5.74, 6) is 1.88. The van der Waals surface area contributed by atoms with Crippen molar-refractivity contribution in [3.63, 3.8) is 0 Å². The van der Waals surface area contributed by atoms with Gasteiger partial charge in [0.2, 0.25) is 5.91 Å². The van der Waals surface area contributed by atoms with Crippen molar-refractivity contribution >= 4 is 11.9 Å². The molecule has 1 aliphatic heterocycles. The number of nitrogens with one attached hydrogen (secondary N) is 1. The molecule has 134 valence electrons. The van der Waals surface area contributed by atoms with Gasteiger partial charge in [-0.3, -0.25) is 9.79 Å². The van der Waals surface area contributed by atoms with E-state index in [9.17, 15) is 4.79 Å². The summed E-state index contributed by atoms with van der Waals surface area (Å²) in [6, 6.07) is 0. The van der Waals surface area contributed by atoms with Gasteiger partial charge in [0.1, 0.15) is 5.76 Å². The first-order chi connectivity index (χ1) is 11.5. The predicted octanol–water partition coefficient (Wildman–Crippen LogP) is 1.39. The van der Waals surface area contributed by atoms with Crippen molar-refractivity contribution in [1.82, 2.24) is 15.4 Å². The second-order valence-corrected chi connectivity index (χ2v) is 6.41. The maximum absolute atomic E-state index is 11.2. The summed E-state index contributed by atoms with van der Waals surface area (Å²) in [7, 11) is 0. The van der Waals surface area contributed by atoms with E-state index in [0.717, 1.165) is 61.9 Å². The lowest BCUT2D eigenvalue weighted by molar-refractivity contribution is -0.119. The molecule has 0 bridgehead atoms. The molecule has 24 heavy (non-hydrogen) atoms. The number of carbonyl (C=O) groups is 1. The van der Waals surface area contributed by atoms with Crippen molar-refractivity contribution in [1.29, 1.82) is 0 Å². The normalized spacial score (nSPS) is 18.7. The molecule has 0 saturated carbocycles. The third-order valence-corrected chi connectivity index (χ3v) is 4.45. The molecule has 7 nitrogen and oxygen atoms in total. The highest BCUT2D eigenvalue weighted by Crippen LogP contribution is 2.19. The molecule has 1 aromatic heterocycles. The Hall–Kier alpha value is -2.05. The number of aryl methyl sites for hydroxylation is 2. The topological polar surface area (TPSA) is 96.8 Å². The fraction of sp³-hybridized carbons (Fsp3) is 0.706. The first kappa shape index (κ1) is 18.3. The largest absolute Gasteiger partial charge is 0.370 e. The molecule has 0 aromatic carbocycles. The van der Waals surface area contributed by atoms with Crippen LogP contribution in [0.3, 0.4) is 0 Å². The van der Waals surface area contributed by atoms with Crippen LogP contribution in [-0.4, -0.2) is 48.1 Å². The molecule has 1 aromatic rings. The highest BCUT2D eigenvalue weighted by Gasteiger charge is 2.23. The zero-order chi connectivity index (χ0) is 17.5. The number of rotatable bonds is 6. The van der Waals surface area contributed by atoms with E-state index < -0.39 is 0 Å². The molecular formula is C17H29N5O2. The number of hydrogen-bond acceptors (Lipinski definition) is 4. The van der Waals surface area contributed by atoms with Gasteiger partial charge >= 0.3 is 0 Å². The van der Waals surface area contributed by atoms with Crippen molar-refractivity contribution in [2.24, 2.45) is 16.6 Å². The summed E-state index contributed by atoms with van der Waals surface area (Å²) >= 11 is 0. The number of guanidine groups is 1. The fourth-order valence-electron chi connectivity index (χ4n) is 3.27. The first-order valence-electron chi connectivity index (χ1n) is 8.74. The molecule has 2 rings (SSSR count). The predicted molar refractivity (Wildman–Crippen MR) is 93.8 cm³/mol. The number of carbonyl (C=O) groups excluding carboxylic acids is 1. The van der Waals surface area contributed by atoms with E-state index in [-0.39, 0.29) is 5.91 Å². The molecule has 1 amide bonds. The molecule has 2 heterocycles. The van der Waals surface area contributed by atoms with Crippen molar-refractivity contribution in [2.45, 2.75) is 46.5 Å². The van der Waals surface area contributed by atoms with Crippen molar-refractivity contribution < 1.29 is 9.32 Å². The standard InChI is InChI=1S/C17H29N5O2/c1-4-19-17(20-8-7-15-12(2)21-24-13(15)3)22-9-5-6-14(11-22)10-16(18)23/h14H,4-11H2,1-3H3,(H2,18,23)(H,19,20). The molecule has 1 saturated heterocycles. The van der Waals surface area contributed by atoms with E-state index in [0.29, 0.717) is 18.9 Å². The Kier molecular flexibility index (Phi) is 6.63. The van der Waals surface area contributed by atoms with Crippen LogP contribution < -0.4 is 11.1 Å². The molecule has 0 radical (unpaired) electrons. The molecule has 0 spiro atoms. The number of aromatic nitrogens is 1. The van der Waals surface area contributed by atoms with Gasteiger partial charge in [-0.1, -0.05) is 5.16 Å². The SMILES string of the molecule is CCNC(=NCCc1c(C)noc1C)N1CCCC(CC(N)=O)C1. The number of nitrogens with two attached hydrogens (primary N) is 1. The van der Waals surface area contributed by atoms with Gasteiger partial charge in [-0.05, 0) is 46.0 Å². The minimum atomic E-state index is -0.220. The zero-order valence-corrected chi connectivity index (χ0v) is 15.0. The number of aliphatic imine (C=N–C) groups is 1. The lowest BCUT2D eigenvalue weighted by Crippen LogP contribution is -2.47. The average molecular weight is 335 g/mol. The van der Waals surface area contributed by atoms with E-state index in [1.165, 1.54) is 0 Å². The Morgan fingerprint density at radius 3 is 2.92 bits per heavy atom. The third kappa shape index (κ3) is 4.97. The Labute approximate surface area is 143 Å². The van der Waals surface area contributed by atoms with Crippen LogP contribution in [0.2, 0.25) is 0 Å². The number of primary amides is 1. The van der Waals surface area contributed by atoms with Crippen LogP contribution >= 0.6 is 0 Å². The second kappa shape index (κ2) is 8.70. The average Bonchev–Trinajstić information content (AvgIpc) is 2.85. The van der Waals surface area contributed by atoms with Crippen molar-refractivity contribution in [3.05, 3.63) is 17.0 Å². The van der Waals surface area contributed by atoms with Crippen LogP contribution in [0.4, 0.5) is 0 Å². The smallest absolute Gasteiger partial charge is 0.217 e. The van der Waals surface area contributed by atoms with Gasteiger partial charge in [-0.2, -0.15) is 0 Å². The Balaban J connectivity index is 1.98. The van der Waals surface area contributed by atoms with E-state index in [4.69, 9.17) is 15.2 Å². The highest BCUT2D eigenvalue weighted by molar-refractivity contribution is 5.80. The Morgan fingerprint density at radius 1 is 1.50 bits per heavy atom. The molecule has 1 fully saturated rings. The summed E-state index contributed by atoms with van der Waals surface area (Å²) in [4.78, 5) is 18.2. The fourth-order valence-corrected chi connectivity index (χ4v) is 3.27. The lowest BCUT2D eigenvalue weighted by Gasteiger charge is -2.34. The van der Waals surface area contributed by atoms with E-state index in [1.807, 2.05) is 13.8 Å². The van der Waals surface area contributed by atoms with Crippen LogP contribution in [-0.2, 0) is 11.2 Å². The van der Waals surface area contributed by atoms with Gasteiger partial charge in [0.25, 0.3) is 0 Å². The second-order valence-electron chi connectivity index (χ2n) is 6.41. The monoisotopic (exact) mass is 335 g/mol. The number of hydrogen-bond donors (Lipinski definition) is 2. The van der Waals surface area contributed by atoms with Gasteiger partial charge in [-0.15, -0.1) is 0 Å². The highest BCUT2D eigenvalue weighted by atomic mass is 16.5. The van der Waals surface area contributed by atoms with Crippen LogP contribution in [0, 0.1) is 19.8 Å². The number of likely N-dealkylation sites (tertiary alicyclic amines) is 1. The van der Waals surface area contributed by atoms with Crippen LogP contribution in [0.5, 0.6) is 0 Å². The number of nitrogens with zero attached hydrogens (tertiary/aromatic N) is 3. The molecule has 1 unspecified atom stereocenters. The van der Waals surface area contributed by atoms with E-state index in [2.05, 4.69) is 22.3 Å². The quantitative estimate of drug-likeness (QED) is 0.605. The maximum Gasteiger partial charge on any atom is 0.217 e. The molecule has 3 N–H and O–H groups in total. The van der Waals surface area contributed by atoms with Gasteiger partial charge < -0.3 is 20.5 Å². The summed E-state index contributed by atoms with van der Waals surface area (Å²) in [5, 5.41) is 7.34. The van der Waals surface area contributed by atoms with E-state index in [1.54, 1.807) is 0 Å². The third-order valence-electron chi connectivity index (χ3n) is 4.45. The van der Waals surface area contributed by atoms with Crippen LogP contribution in [0.1, 0.15) is 43.2 Å². The summed E-state index contributed by atoms with van der Waals surface area (Å²) in [6.45, 7) is 9.26. The van der Waals surface area contributed by atoms with Gasteiger partial charge in [0.05, 0.1) is 5.69 Å². The minimum absolute atomic E-state index is 0.220.